The molecule has 4 nitrogen and oxygen atoms in total. The van der Waals surface area contributed by atoms with Crippen LogP contribution in [-0.2, 0) is 10.0 Å². The van der Waals surface area contributed by atoms with Crippen LogP contribution in [0.2, 0.25) is 0 Å². The van der Waals surface area contributed by atoms with Gasteiger partial charge in [-0.05, 0) is 43.0 Å². The second-order valence-corrected chi connectivity index (χ2v) is 6.45. The molecule has 0 fully saturated rings. The monoisotopic (exact) mass is 257 g/mol. The molecule has 0 saturated carbocycles. The largest absolute Gasteiger partial charge is 0.508 e. The van der Waals surface area contributed by atoms with Crippen LogP contribution < -0.4 is 4.72 Å². The van der Waals surface area contributed by atoms with E-state index in [1.54, 1.807) is 19.1 Å². The van der Waals surface area contributed by atoms with Crippen molar-refractivity contribution in [3.05, 3.63) is 23.8 Å². The summed E-state index contributed by atoms with van der Waals surface area (Å²) in [6.45, 7) is 5.70. The molecule has 2 N–H and O–H groups in total. The molecule has 1 aromatic rings. The van der Waals surface area contributed by atoms with Crippen LogP contribution in [0.5, 0.6) is 5.75 Å². The summed E-state index contributed by atoms with van der Waals surface area (Å²) in [5.41, 5.74) is 1.14. The van der Waals surface area contributed by atoms with Gasteiger partial charge in [-0.15, -0.1) is 0 Å². The maximum atomic E-state index is 11.7. The summed E-state index contributed by atoms with van der Waals surface area (Å²) in [7, 11) is -3.29. The van der Waals surface area contributed by atoms with Gasteiger partial charge < -0.3 is 5.11 Å². The number of phenolic OH excluding ortho intramolecular Hbond substituents is 1. The summed E-state index contributed by atoms with van der Waals surface area (Å²) < 4.78 is 26.0. The van der Waals surface area contributed by atoms with Crippen LogP contribution in [-0.4, -0.2) is 19.3 Å². The van der Waals surface area contributed by atoms with Crippen molar-refractivity contribution in [2.75, 3.05) is 10.5 Å². The molecule has 1 aromatic carbocycles. The van der Waals surface area contributed by atoms with E-state index in [1.807, 2.05) is 13.8 Å². The van der Waals surface area contributed by atoms with Gasteiger partial charge in [0.25, 0.3) is 0 Å². The number of aryl methyl sites for hydroxylation is 1. The Morgan fingerprint density at radius 2 is 2.00 bits per heavy atom. The fraction of sp³-hybridized carbons (Fsp3) is 0.500. The minimum atomic E-state index is -3.29. The Hall–Kier alpha value is -1.23. The van der Waals surface area contributed by atoms with Gasteiger partial charge in [0.2, 0.25) is 10.0 Å². The van der Waals surface area contributed by atoms with Crippen LogP contribution in [0.25, 0.3) is 0 Å². The number of hydrogen-bond donors (Lipinski definition) is 2. The number of anilines is 1. The molecule has 0 heterocycles. The van der Waals surface area contributed by atoms with Gasteiger partial charge in [-0.2, -0.15) is 0 Å². The van der Waals surface area contributed by atoms with Crippen LogP contribution in [0.3, 0.4) is 0 Å². The molecule has 5 heteroatoms. The van der Waals surface area contributed by atoms with Crippen molar-refractivity contribution in [1.82, 2.24) is 0 Å². The van der Waals surface area contributed by atoms with E-state index in [0.717, 1.165) is 0 Å². The minimum absolute atomic E-state index is 0.116. The summed E-state index contributed by atoms with van der Waals surface area (Å²) >= 11 is 0. The third kappa shape index (κ3) is 4.65. The molecule has 0 aliphatic rings. The molecule has 0 radical (unpaired) electrons. The number of rotatable bonds is 5. The van der Waals surface area contributed by atoms with E-state index in [9.17, 15) is 13.5 Å². The highest BCUT2D eigenvalue weighted by molar-refractivity contribution is 7.92. The molecule has 0 saturated heterocycles. The summed E-state index contributed by atoms with van der Waals surface area (Å²) in [5.74, 6) is 0.633. The van der Waals surface area contributed by atoms with Crippen molar-refractivity contribution in [3.8, 4) is 5.75 Å². The molecule has 1 rings (SSSR count). The highest BCUT2D eigenvalue weighted by Crippen LogP contribution is 2.21. The lowest BCUT2D eigenvalue weighted by molar-refractivity contribution is 0.471. The molecule has 0 aliphatic heterocycles. The highest BCUT2D eigenvalue weighted by atomic mass is 32.2. The van der Waals surface area contributed by atoms with Gasteiger partial charge >= 0.3 is 0 Å². The van der Waals surface area contributed by atoms with Gasteiger partial charge in [0, 0.05) is 5.69 Å². The zero-order valence-corrected chi connectivity index (χ0v) is 11.2. The van der Waals surface area contributed by atoms with Crippen molar-refractivity contribution in [2.45, 2.75) is 27.2 Å². The lowest BCUT2D eigenvalue weighted by Crippen LogP contribution is -2.17. The fourth-order valence-electron chi connectivity index (χ4n) is 1.34. The van der Waals surface area contributed by atoms with E-state index in [1.165, 1.54) is 6.07 Å². The molecule has 0 aliphatic carbocycles. The van der Waals surface area contributed by atoms with E-state index in [2.05, 4.69) is 4.72 Å². The Morgan fingerprint density at radius 1 is 1.35 bits per heavy atom. The first-order valence-electron chi connectivity index (χ1n) is 5.60. The molecule has 0 bridgehead atoms. The van der Waals surface area contributed by atoms with Crippen LogP contribution in [0.1, 0.15) is 25.8 Å². The third-order valence-corrected chi connectivity index (χ3v) is 3.75. The first-order chi connectivity index (χ1) is 7.80. The lowest BCUT2D eigenvalue weighted by atomic mass is 10.2. The summed E-state index contributed by atoms with van der Waals surface area (Å²) in [5, 5.41) is 9.34. The molecular formula is C12H19NO3S. The number of hydrogen-bond acceptors (Lipinski definition) is 3. The predicted molar refractivity (Wildman–Crippen MR) is 69.7 cm³/mol. The van der Waals surface area contributed by atoms with Gasteiger partial charge in [-0.1, -0.05) is 13.8 Å². The van der Waals surface area contributed by atoms with E-state index >= 15 is 0 Å². The Kier molecular flexibility index (Phi) is 4.40. The molecule has 17 heavy (non-hydrogen) atoms. The second kappa shape index (κ2) is 5.40. The van der Waals surface area contributed by atoms with Gasteiger partial charge in [0.1, 0.15) is 5.75 Å². The molecule has 0 atom stereocenters. The Labute approximate surface area is 103 Å². The number of nitrogens with one attached hydrogen (secondary N) is 1. The van der Waals surface area contributed by atoms with Crippen molar-refractivity contribution in [2.24, 2.45) is 5.92 Å². The van der Waals surface area contributed by atoms with Gasteiger partial charge in [-0.3, -0.25) is 4.72 Å². The smallest absolute Gasteiger partial charge is 0.232 e. The van der Waals surface area contributed by atoms with Crippen molar-refractivity contribution in [1.29, 1.82) is 0 Å². The van der Waals surface area contributed by atoms with Crippen LogP contribution in [0, 0.1) is 12.8 Å². The number of sulfonamides is 1. The SMILES string of the molecule is Cc1cc(NS(=O)(=O)CCC(C)C)ccc1O. The lowest BCUT2D eigenvalue weighted by Gasteiger charge is -2.10. The molecule has 0 amide bonds. The highest BCUT2D eigenvalue weighted by Gasteiger charge is 2.11. The van der Waals surface area contributed by atoms with Gasteiger partial charge in [0.05, 0.1) is 5.75 Å². The number of aromatic hydroxyl groups is 1. The Morgan fingerprint density at radius 3 is 2.53 bits per heavy atom. The maximum absolute atomic E-state index is 11.7. The van der Waals surface area contributed by atoms with E-state index < -0.39 is 10.0 Å². The molecule has 0 unspecified atom stereocenters. The summed E-state index contributed by atoms with van der Waals surface area (Å²) in [6, 6.07) is 4.65. The van der Waals surface area contributed by atoms with Crippen LogP contribution >= 0.6 is 0 Å². The molecule has 0 aromatic heterocycles. The van der Waals surface area contributed by atoms with Gasteiger partial charge in [-0.25, -0.2) is 8.42 Å². The van der Waals surface area contributed by atoms with E-state index in [0.29, 0.717) is 23.6 Å². The average molecular weight is 257 g/mol. The molecular weight excluding hydrogens is 238 g/mol. The standard InChI is InChI=1S/C12H19NO3S/c1-9(2)6-7-17(15,16)13-11-4-5-12(14)10(3)8-11/h4-5,8-9,13-14H,6-7H2,1-3H3. The topological polar surface area (TPSA) is 66.4 Å². The Balaban J connectivity index is 2.73. The van der Waals surface area contributed by atoms with Crippen molar-refractivity contribution >= 4 is 15.7 Å². The quantitative estimate of drug-likeness (QED) is 0.796. The number of phenols is 1. The first-order valence-corrected chi connectivity index (χ1v) is 7.25. The van der Waals surface area contributed by atoms with E-state index in [-0.39, 0.29) is 11.5 Å². The predicted octanol–water partition coefficient (Wildman–Crippen LogP) is 2.49. The maximum Gasteiger partial charge on any atom is 0.232 e. The van der Waals surface area contributed by atoms with Crippen LogP contribution in [0.4, 0.5) is 5.69 Å². The Bertz CT molecular complexity index is 481. The molecule has 0 spiro atoms. The average Bonchev–Trinajstić information content (AvgIpc) is 2.21. The summed E-state index contributed by atoms with van der Waals surface area (Å²) in [4.78, 5) is 0. The third-order valence-electron chi connectivity index (χ3n) is 2.43. The minimum Gasteiger partial charge on any atom is -0.508 e. The zero-order valence-electron chi connectivity index (χ0n) is 10.4. The second-order valence-electron chi connectivity index (χ2n) is 4.60. The van der Waals surface area contributed by atoms with Crippen molar-refractivity contribution < 1.29 is 13.5 Å². The fourth-order valence-corrected chi connectivity index (χ4v) is 2.71. The molecule has 96 valence electrons. The van der Waals surface area contributed by atoms with Crippen LogP contribution in [0.15, 0.2) is 18.2 Å². The summed E-state index contributed by atoms with van der Waals surface area (Å²) in [6.07, 6.45) is 0.631. The number of benzene rings is 1. The normalized spacial score (nSPS) is 11.8. The first kappa shape index (κ1) is 13.8. The van der Waals surface area contributed by atoms with E-state index in [4.69, 9.17) is 0 Å². The van der Waals surface area contributed by atoms with Crippen molar-refractivity contribution in [3.63, 3.8) is 0 Å². The zero-order chi connectivity index (χ0) is 13.1. The van der Waals surface area contributed by atoms with Gasteiger partial charge in [0.15, 0.2) is 0 Å².